The zero-order chi connectivity index (χ0) is 10.1. The number of benzene rings is 1. The molecule has 0 radical (unpaired) electrons. The molecule has 3 heteroatoms. The standard InChI is InChI=1S/C11H14N2O/c1-8(2)14-11-9-6-4-5-7-10(9)13(3)12-11/h4-8H,1-3H3. The highest BCUT2D eigenvalue weighted by atomic mass is 16.5. The van der Waals surface area contributed by atoms with Crippen LogP contribution >= 0.6 is 0 Å². The van der Waals surface area contributed by atoms with Gasteiger partial charge in [0.2, 0.25) is 5.88 Å². The Labute approximate surface area is 83.3 Å². The van der Waals surface area contributed by atoms with Crippen molar-refractivity contribution >= 4 is 10.9 Å². The summed E-state index contributed by atoms with van der Waals surface area (Å²) in [6.45, 7) is 4.01. The highest BCUT2D eigenvalue weighted by Gasteiger charge is 2.09. The van der Waals surface area contributed by atoms with Crippen molar-refractivity contribution in [2.45, 2.75) is 20.0 Å². The molecule has 2 aromatic rings. The number of hydrogen-bond acceptors (Lipinski definition) is 2. The Morgan fingerprint density at radius 2 is 2.00 bits per heavy atom. The van der Waals surface area contributed by atoms with Crippen LogP contribution in [0.5, 0.6) is 5.88 Å². The summed E-state index contributed by atoms with van der Waals surface area (Å²) in [5.74, 6) is 0.720. The minimum Gasteiger partial charge on any atom is -0.473 e. The zero-order valence-corrected chi connectivity index (χ0v) is 8.69. The van der Waals surface area contributed by atoms with Gasteiger partial charge in [0.05, 0.1) is 17.0 Å². The maximum absolute atomic E-state index is 5.62. The number of fused-ring (bicyclic) bond motifs is 1. The molecule has 0 aliphatic carbocycles. The van der Waals surface area contributed by atoms with Gasteiger partial charge in [-0.15, -0.1) is 5.10 Å². The number of para-hydroxylation sites is 1. The van der Waals surface area contributed by atoms with Gasteiger partial charge in [-0.2, -0.15) is 0 Å². The fourth-order valence-electron chi connectivity index (χ4n) is 1.49. The lowest BCUT2D eigenvalue weighted by atomic mass is 10.2. The van der Waals surface area contributed by atoms with Crippen LogP contribution < -0.4 is 4.74 Å². The maximum Gasteiger partial charge on any atom is 0.241 e. The zero-order valence-electron chi connectivity index (χ0n) is 8.69. The molecule has 0 atom stereocenters. The summed E-state index contributed by atoms with van der Waals surface area (Å²) in [6, 6.07) is 8.07. The van der Waals surface area contributed by atoms with Crippen LogP contribution in [0.3, 0.4) is 0 Å². The van der Waals surface area contributed by atoms with Crippen molar-refractivity contribution in [2.75, 3.05) is 0 Å². The summed E-state index contributed by atoms with van der Waals surface area (Å²) >= 11 is 0. The van der Waals surface area contributed by atoms with Gasteiger partial charge < -0.3 is 4.74 Å². The lowest BCUT2D eigenvalue weighted by molar-refractivity contribution is 0.233. The summed E-state index contributed by atoms with van der Waals surface area (Å²) in [6.07, 6.45) is 0.160. The molecule has 3 nitrogen and oxygen atoms in total. The molecular weight excluding hydrogens is 176 g/mol. The van der Waals surface area contributed by atoms with Gasteiger partial charge in [0.1, 0.15) is 0 Å². The van der Waals surface area contributed by atoms with E-state index in [1.54, 1.807) is 0 Å². The predicted octanol–water partition coefficient (Wildman–Crippen LogP) is 2.36. The molecule has 14 heavy (non-hydrogen) atoms. The Bertz CT molecular complexity index is 445. The minimum atomic E-state index is 0.160. The SMILES string of the molecule is CC(C)Oc1nn(C)c2ccccc12. The fourth-order valence-corrected chi connectivity index (χ4v) is 1.49. The van der Waals surface area contributed by atoms with Crippen LogP contribution in [0.2, 0.25) is 0 Å². The number of aromatic nitrogens is 2. The van der Waals surface area contributed by atoms with Crippen LogP contribution in [0.4, 0.5) is 0 Å². The van der Waals surface area contributed by atoms with E-state index in [4.69, 9.17) is 4.74 Å². The van der Waals surface area contributed by atoms with Gasteiger partial charge in [-0.3, -0.25) is 4.68 Å². The second kappa shape index (κ2) is 3.33. The fraction of sp³-hybridized carbons (Fsp3) is 0.364. The quantitative estimate of drug-likeness (QED) is 0.726. The van der Waals surface area contributed by atoms with E-state index in [0.717, 1.165) is 16.8 Å². The molecule has 0 saturated heterocycles. The molecule has 0 saturated carbocycles. The van der Waals surface area contributed by atoms with Gasteiger partial charge in [0, 0.05) is 7.05 Å². The molecule has 0 aliphatic rings. The van der Waals surface area contributed by atoms with Crippen LogP contribution in [0.15, 0.2) is 24.3 Å². The third-order valence-corrected chi connectivity index (χ3v) is 2.07. The van der Waals surface area contributed by atoms with Gasteiger partial charge in [-0.05, 0) is 26.0 Å². The Morgan fingerprint density at radius 3 is 2.71 bits per heavy atom. The number of ether oxygens (including phenoxy) is 1. The molecule has 0 spiro atoms. The number of aryl methyl sites for hydroxylation is 1. The number of nitrogens with zero attached hydrogens (tertiary/aromatic N) is 2. The summed E-state index contributed by atoms with van der Waals surface area (Å²) in [5.41, 5.74) is 1.10. The smallest absolute Gasteiger partial charge is 0.241 e. The van der Waals surface area contributed by atoms with Gasteiger partial charge >= 0.3 is 0 Å². The van der Waals surface area contributed by atoms with Crippen molar-refractivity contribution in [2.24, 2.45) is 7.05 Å². The topological polar surface area (TPSA) is 27.1 Å². The lowest BCUT2D eigenvalue weighted by Gasteiger charge is -2.05. The normalized spacial score (nSPS) is 11.1. The molecule has 74 valence electrons. The van der Waals surface area contributed by atoms with Crippen molar-refractivity contribution in [3.63, 3.8) is 0 Å². The molecule has 0 amide bonds. The van der Waals surface area contributed by atoms with Crippen molar-refractivity contribution in [3.8, 4) is 5.88 Å². The van der Waals surface area contributed by atoms with E-state index in [-0.39, 0.29) is 6.10 Å². The van der Waals surface area contributed by atoms with Crippen LogP contribution in [-0.4, -0.2) is 15.9 Å². The summed E-state index contributed by atoms with van der Waals surface area (Å²) in [5, 5.41) is 5.40. The Balaban J connectivity index is 2.55. The molecule has 1 heterocycles. The summed E-state index contributed by atoms with van der Waals surface area (Å²) in [7, 11) is 1.93. The Morgan fingerprint density at radius 1 is 1.29 bits per heavy atom. The van der Waals surface area contributed by atoms with Crippen molar-refractivity contribution in [1.82, 2.24) is 9.78 Å². The van der Waals surface area contributed by atoms with Crippen molar-refractivity contribution in [1.29, 1.82) is 0 Å². The summed E-state index contributed by atoms with van der Waals surface area (Å²) < 4.78 is 7.46. The lowest BCUT2D eigenvalue weighted by Crippen LogP contribution is -2.06. The second-order valence-electron chi connectivity index (χ2n) is 3.61. The first-order valence-electron chi connectivity index (χ1n) is 4.77. The highest BCUT2D eigenvalue weighted by Crippen LogP contribution is 2.24. The minimum absolute atomic E-state index is 0.160. The Kier molecular flexibility index (Phi) is 2.15. The van der Waals surface area contributed by atoms with Crippen LogP contribution in [0, 0.1) is 0 Å². The van der Waals surface area contributed by atoms with Crippen molar-refractivity contribution in [3.05, 3.63) is 24.3 Å². The second-order valence-corrected chi connectivity index (χ2v) is 3.61. The first-order chi connectivity index (χ1) is 6.68. The van der Waals surface area contributed by atoms with Crippen LogP contribution in [0.1, 0.15) is 13.8 Å². The first kappa shape index (κ1) is 9.06. The van der Waals surface area contributed by atoms with E-state index in [2.05, 4.69) is 5.10 Å². The predicted molar refractivity (Wildman–Crippen MR) is 56.5 cm³/mol. The maximum atomic E-state index is 5.62. The van der Waals surface area contributed by atoms with Gasteiger partial charge in [-0.25, -0.2) is 0 Å². The van der Waals surface area contributed by atoms with Crippen molar-refractivity contribution < 1.29 is 4.74 Å². The van der Waals surface area contributed by atoms with E-state index in [0.29, 0.717) is 0 Å². The average Bonchev–Trinajstić information content (AvgIpc) is 2.44. The molecule has 2 rings (SSSR count). The van der Waals surface area contributed by atoms with Gasteiger partial charge in [0.25, 0.3) is 0 Å². The summed E-state index contributed by atoms with van der Waals surface area (Å²) in [4.78, 5) is 0. The molecule has 0 aliphatic heterocycles. The van der Waals surface area contributed by atoms with E-state index in [9.17, 15) is 0 Å². The molecular formula is C11H14N2O. The first-order valence-corrected chi connectivity index (χ1v) is 4.77. The highest BCUT2D eigenvalue weighted by molar-refractivity contribution is 5.84. The van der Waals surface area contributed by atoms with Gasteiger partial charge in [0.15, 0.2) is 0 Å². The molecule has 0 unspecified atom stereocenters. The molecule has 1 aromatic carbocycles. The van der Waals surface area contributed by atoms with E-state index in [1.807, 2.05) is 49.8 Å². The third-order valence-electron chi connectivity index (χ3n) is 2.07. The Hall–Kier alpha value is -1.51. The monoisotopic (exact) mass is 190 g/mol. The molecule has 1 aromatic heterocycles. The van der Waals surface area contributed by atoms with E-state index < -0.39 is 0 Å². The largest absolute Gasteiger partial charge is 0.473 e. The van der Waals surface area contributed by atoms with Crippen LogP contribution in [0.25, 0.3) is 10.9 Å². The average molecular weight is 190 g/mol. The van der Waals surface area contributed by atoms with Crippen LogP contribution in [-0.2, 0) is 7.05 Å². The number of rotatable bonds is 2. The van der Waals surface area contributed by atoms with Gasteiger partial charge in [-0.1, -0.05) is 12.1 Å². The molecule has 0 fully saturated rings. The molecule has 0 bridgehead atoms. The molecule has 0 N–H and O–H groups in total. The number of hydrogen-bond donors (Lipinski definition) is 0. The third kappa shape index (κ3) is 1.45. The van der Waals surface area contributed by atoms with E-state index >= 15 is 0 Å². The van der Waals surface area contributed by atoms with E-state index in [1.165, 1.54) is 0 Å².